The van der Waals surface area contributed by atoms with Gasteiger partial charge in [0, 0.05) is 62.8 Å². The lowest BCUT2D eigenvalue weighted by atomic mass is 9.60. The molecule has 0 atom stereocenters. The highest BCUT2D eigenvalue weighted by Crippen LogP contribution is 2.50. The number of nitrogens with zero attached hydrogens (tertiary/aromatic N) is 6. The number of halogens is 5. The lowest BCUT2D eigenvalue weighted by Gasteiger charge is -2.61. The maximum absolute atomic E-state index is 12.8. The van der Waals surface area contributed by atoms with Crippen LogP contribution in [0, 0.1) is 5.41 Å². The third-order valence-electron chi connectivity index (χ3n) is 8.05. The number of aliphatic hydroxyl groups is 1. The van der Waals surface area contributed by atoms with Gasteiger partial charge in [0.25, 0.3) is 0 Å². The Morgan fingerprint density at radius 3 is 2.36 bits per heavy atom. The van der Waals surface area contributed by atoms with Crippen LogP contribution in [-0.2, 0) is 0 Å². The number of urea groups is 1. The number of carbonyl (C=O) groups is 1. The summed E-state index contributed by atoms with van der Waals surface area (Å²) in [5.41, 5.74) is 1.34. The second kappa shape index (κ2) is 7.91. The van der Waals surface area contributed by atoms with Gasteiger partial charge in [-0.15, -0.1) is 0 Å². The molecule has 1 spiro atoms. The molecule has 36 heavy (non-hydrogen) atoms. The minimum absolute atomic E-state index is 0.0135. The van der Waals surface area contributed by atoms with E-state index in [4.69, 9.17) is 0 Å². The molecule has 2 amide bonds. The van der Waals surface area contributed by atoms with Crippen LogP contribution in [0.5, 0.6) is 0 Å². The third kappa shape index (κ3) is 3.87. The summed E-state index contributed by atoms with van der Waals surface area (Å²) in [6.45, 7) is 2.03. The maximum atomic E-state index is 12.8. The number of amidine groups is 1. The first-order chi connectivity index (χ1) is 16.9. The number of likely N-dealkylation sites (tertiary alicyclic amines) is 2. The second-order valence-electron chi connectivity index (χ2n) is 10.7. The molecule has 0 aromatic carbocycles. The Kier molecular flexibility index (Phi) is 5.21. The van der Waals surface area contributed by atoms with E-state index in [2.05, 4.69) is 15.4 Å². The van der Waals surface area contributed by atoms with E-state index in [1.165, 1.54) is 5.01 Å². The fraction of sp³-hybridized carbons (Fsp3) is 0.667. The van der Waals surface area contributed by atoms with E-state index in [1.54, 1.807) is 27.0 Å². The topological polar surface area (TPSA) is 87.5 Å². The fourth-order valence-corrected chi connectivity index (χ4v) is 5.82. The summed E-state index contributed by atoms with van der Waals surface area (Å²) in [7, 11) is -2.79. The standard InChI is InChI=1S/C21H25BF5N7O2/c23-21(24,25)17-29-12-34(30-17)15-3-19(4-15)8-33(9-19)18(35)31-6-14(7-31)13-1-2-16(28-5-13)32-10-20(36,11-32)22(26)27/h1-2,5,14-15,36H,3-4,6-12H2,(H,29,30). The van der Waals surface area contributed by atoms with Gasteiger partial charge in [0.2, 0.25) is 5.84 Å². The van der Waals surface area contributed by atoms with Crippen molar-refractivity contribution in [3.63, 3.8) is 0 Å². The zero-order valence-corrected chi connectivity index (χ0v) is 19.3. The number of aromatic nitrogens is 1. The monoisotopic (exact) mass is 513 g/mol. The van der Waals surface area contributed by atoms with E-state index < -0.39 is 24.8 Å². The van der Waals surface area contributed by atoms with Crippen molar-refractivity contribution in [1.29, 1.82) is 0 Å². The van der Waals surface area contributed by atoms with Crippen LogP contribution in [-0.4, -0.2) is 108 Å². The van der Waals surface area contributed by atoms with Gasteiger partial charge < -0.3 is 19.8 Å². The van der Waals surface area contributed by atoms with Crippen LogP contribution in [0.3, 0.4) is 0 Å². The summed E-state index contributed by atoms with van der Waals surface area (Å²) >= 11 is 0. The minimum atomic E-state index is -4.47. The van der Waals surface area contributed by atoms with Crippen molar-refractivity contribution in [2.45, 2.75) is 36.5 Å². The van der Waals surface area contributed by atoms with Gasteiger partial charge >= 0.3 is 19.5 Å². The van der Waals surface area contributed by atoms with Crippen molar-refractivity contribution in [3.8, 4) is 0 Å². The lowest BCUT2D eigenvalue weighted by Crippen LogP contribution is -2.70. The molecule has 0 bridgehead atoms. The van der Waals surface area contributed by atoms with Crippen LogP contribution < -0.4 is 10.3 Å². The Morgan fingerprint density at radius 1 is 1.11 bits per heavy atom. The molecule has 2 N–H and O–H groups in total. The molecule has 3 saturated heterocycles. The quantitative estimate of drug-likeness (QED) is 0.467. The molecule has 4 aliphatic heterocycles. The number of amides is 2. The molecule has 15 heteroatoms. The zero-order chi connectivity index (χ0) is 25.5. The molecule has 6 rings (SSSR count). The Hall–Kier alpha value is -2.68. The number of rotatable bonds is 4. The highest BCUT2D eigenvalue weighted by Gasteiger charge is 2.57. The molecule has 1 aromatic rings. The van der Waals surface area contributed by atoms with Gasteiger partial charge in [-0.25, -0.2) is 14.8 Å². The van der Waals surface area contributed by atoms with Gasteiger partial charge in [-0.1, -0.05) is 6.07 Å². The summed E-state index contributed by atoms with van der Waals surface area (Å²) < 4.78 is 63.8. The predicted octanol–water partition coefficient (Wildman–Crippen LogP) is 1.32. The summed E-state index contributed by atoms with van der Waals surface area (Å²) in [4.78, 5) is 25.8. The van der Waals surface area contributed by atoms with Crippen LogP contribution >= 0.6 is 0 Å². The Morgan fingerprint density at radius 2 is 1.81 bits per heavy atom. The Labute approximate surface area is 204 Å². The largest absolute Gasteiger partial charge is 0.572 e. The Balaban J connectivity index is 0.924. The highest BCUT2D eigenvalue weighted by atomic mass is 19.4. The molecule has 1 aliphatic carbocycles. The van der Waals surface area contributed by atoms with Crippen LogP contribution in [0.1, 0.15) is 24.3 Å². The molecule has 5 aliphatic rings. The molecule has 5 heterocycles. The predicted molar refractivity (Wildman–Crippen MR) is 119 cm³/mol. The van der Waals surface area contributed by atoms with Crippen LogP contribution in [0.4, 0.5) is 32.4 Å². The van der Waals surface area contributed by atoms with E-state index in [0.717, 1.165) is 18.4 Å². The summed E-state index contributed by atoms with van der Waals surface area (Å²) in [6, 6.07) is 3.57. The minimum Gasteiger partial charge on any atom is -0.388 e. The summed E-state index contributed by atoms with van der Waals surface area (Å²) in [5.74, 6) is -0.269. The van der Waals surface area contributed by atoms with Crippen molar-refractivity contribution in [3.05, 3.63) is 23.9 Å². The average molecular weight is 513 g/mol. The first kappa shape index (κ1) is 23.7. The number of hydrazine groups is 1. The van der Waals surface area contributed by atoms with Crippen LogP contribution in [0.15, 0.2) is 23.3 Å². The van der Waals surface area contributed by atoms with E-state index in [9.17, 15) is 31.7 Å². The number of hydrogen-bond donors (Lipinski definition) is 2. The molecule has 194 valence electrons. The van der Waals surface area contributed by atoms with Crippen molar-refractivity contribution in [2.24, 2.45) is 10.4 Å². The molecule has 4 fully saturated rings. The van der Waals surface area contributed by atoms with E-state index in [1.807, 2.05) is 6.07 Å². The van der Waals surface area contributed by atoms with Gasteiger partial charge in [-0.05, 0) is 24.5 Å². The van der Waals surface area contributed by atoms with E-state index in [0.29, 0.717) is 32.0 Å². The van der Waals surface area contributed by atoms with E-state index in [-0.39, 0.29) is 43.2 Å². The van der Waals surface area contributed by atoms with Crippen molar-refractivity contribution in [2.75, 3.05) is 50.8 Å². The number of aliphatic imine (C=N–C) groups is 1. The van der Waals surface area contributed by atoms with Crippen LogP contribution in [0.25, 0.3) is 0 Å². The van der Waals surface area contributed by atoms with Gasteiger partial charge in [-0.2, -0.15) is 18.2 Å². The van der Waals surface area contributed by atoms with Crippen molar-refractivity contribution >= 4 is 25.0 Å². The number of anilines is 1. The molecule has 0 radical (unpaired) electrons. The number of nitrogens with one attached hydrogen (secondary N) is 1. The lowest BCUT2D eigenvalue weighted by molar-refractivity contribution is -0.103. The second-order valence-corrected chi connectivity index (χ2v) is 10.7. The number of pyridine rings is 1. The van der Waals surface area contributed by atoms with Gasteiger partial charge in [0.05, 0.1) is 0 Å². The average Bonchev–Trinajstić information content (AvgIpc) is 3.19. The number of carbonyl (C=O) groups excluding carboxylic acids is 1. The molecule has 9 nitrogen and oxygen atoms in total. The first-order valence-corrected chi connectivity index (χ1v) is 11.8. The number of alkyl halides is 3. The van der Waals surface area contributed by atoms with Gasteiger partial charge in [0.1, 0.15) is 18.0 Å². The van der Waals surface area contributed by atoms with Crippen LogP contribution in [0.2, 0.25) is 0 Å². The van der Waals surface area contributed by atoms with Crippen molar-refractivity contribution < 1.29 is 31.7 Å². The van der Waals surface area contributed by atoms with E-state index >= 15 is 0 Å². The molecule has 1 saturated carbocycles. The van der Waals surface area contributed by atoms with Gasteiger partial charge in [-0.3, -0.25) is 14.1 Å². The SMILES string of the molecule is O=C(N1CC(c2ccc(N3CC(O)(B(F)F)C3)nc2)C1)N1CC2(CC(N3CN=C(C(F)(F)F)N3)C2)C1. The Bertz CT molecular complexity index is 1060. The molecular weight excluding hydrogens is 488 g/mol. The smallest absolute Gasteiger partial charge is 0.388 e. The maximum Gasteiger partial charge on any atom is 0.572 e. The normalized spacial score (nSPS) is 25.5. The summed E-state index contributed by atoms with van der Waals surface area (Å²) in [6.07, 6.45) is -1.32. The number of hydrogen-bond acceptors (Lipinski definition) is 7. The molecule has 0 unspecified atom stereocenters. The van der Waals surface area contributed by atoms with Gasteiger partial charge in [0.15, 0.2) is 0 Å². The zero-order valence-electron chi connectivity index (χ0n) is 19.3. The fourth-order valence-electron chi connectivity index (χ4n) is 5.82. The summed E-state index contributed by atoms with van der Waals surface area (Å²) in [5, 5.41) is 11.2. The first-order valence-electron chi connectivity index (χ1n) is 11.8. The molecular formula is C21H25BF5N7O2. The van der Waals surface area contributed by atoms with Crippen molar-refractivity contribution in [1.82, 2.24) is 25.2 Å². The third-order valence-corrected chi connectivity index (χ3v) is 8.05. The number of β-amino-alcohol motifs (C(OH)–C–C–N with tert-alkyl or cyclic N) is 1. The molecule has 1 aromatic heterocycles. The highest BCUT2D eigenvalue weighted by molar-refractivity contribution is 6.47.